The number of nitrogens with one attached hydrogen (secondary N) is 2. The summed E-state index contributed by atoms with van der Waals surface area (Å²) in [6.07, 6.45) is 5.48. The van der Waals surface area contributed by atoms with Crippen molar-refractivity contribution in [3.05, 3.63) is 0 Å². The first-order valence-corrected chi connectivity index (χ1v) is 9.05. The lowest BCUT2D eigenvalue weighted by molar-refractivity contribution is -0.139. The van der Waals surface area contributed by atoms with E-state index in [1.807, 2.05) is 6.92 Å². The number of hydrogen-bond donors (Lipinski definition) is 2. The van der Waals surface area contributed by atoms with Crippen molar-refractivity contribution in [2.24, 2.45) is 5.92 Å². The van der Waals surface area contributed by atoms with Crippen molar-refractivity contribution in [2.75, 3.05) is 39.3 Å². The Balaban J connectivity index is 1.66. The highest BCUT2D eigenvalue weighted by molar-refractivity contribution is 5.80. The van der Waals surface area contributed by atoms with Crippen molar-refractivity contribution in [1.29, 1.82) is 0 Å². The Morgan fingerprint density at radius 1 is 1.36 bits per heavy atom. The largest absolute Gasteiger partial charge is 0.365 e. The van der Waals surface area contributed by atoms with Crippen LogP contribution in [0, 0.1) is 5.92 Å². The van der Waals surface area contributed by atoms with Gasteiger partial charge in [-0.1, -0.05) is 26.7 Å². The third kappa shape index (κ3) is 5.86. The van der Waals surface area contributed by atoms with E-state index in [-0.39, 0.29) is 18.1 Å². The Morgan fingerprint density at radius 2 is 2.14 bits per heavy atom. The maximum absolute atomic E-state index is 12.3. The van der Waals surface area contributed by atoms with Gasteiger partial charge in [0.25, 0.3) is 0 Å². The van der Waals surface area contributed by atoms with Gasteiger partial charge >= 0.3 is 0 Å². The van der Waals surface area contributed by atoms with Crippen molar-refractivity contribution in [1.82, 2.24) is 15.5 Å². The van der Waals surface area contributed by atoms with Crippen molar-refractivity contribution in [2.45, 2.75) is 58.2 Å². The van der Waals surface area contributed by atoms with Gasteiger partial charge in [-0.2, -0.15) is 0 Å². The van der Waals surface area contributed by atoms with Crippen LogP contribution in [0.2, 0.25) is 0 Å². The molecule has 0 aromatic carbocycles. The molecule has 1 saturated carbocycles. The van der Waals surface area contributed by atoms with Crippen LogP contribution in [0.25, 0.3) is 0 Å². The van der Waals surface area contributed by atoms with Crippen molar-refractivity contribution < 1.29 is 9.53 Å². The molecule has 2 fully saturated rings. The number of amides is 1. The van der Waals surface area contributed by atoms with Gasteiger partial charge < -0.3 is 15.4 Å². The van der Waals surface area contributed by atoms with E-state index in [4.69, 9.17) is 4.74 Å². The molecule has 0 spiro atoms. The fourth-order valence-electron chi connectivity index (χ4n) is 3.46. The molecule has 1 aliphatic carbocycles. The highest BCUT2D eigenvalue weighted by Crippen LogP contribution is 2.26. The lowest BCUT2D eigenvalue weighted by atomic mass is 9.88. The third-order valence-corrected chi connectivity index (χ3v) is 4.85. The molecule has 1 amide bonds. The number of piperazine rings is 1. The van der Waals surface area contributed by atoms with Crippen LogP contribution >= 0.6 is 0 Å². The lowest BCUT2D eigenvalue weighted by Gasteiger charge is -2.30. The van der Waals surface area contributed by atoms with Crippen LogP contribution in [0.4, 0.5) is 0 Å². The van der Waals surface area contributed by atoms with Crippen molar-refractivity contribution in [3.63, 3.8) is 0 Å². The fourth-order valence-corrected chi connectivity index (χ4v) is 3.46. The molecule has 2 rings (SSSR count). The Morgan fingerprint density at radius 3 is 2.82 bits per heavy atom. The van der Waals surface area contributed by atoms with E-state index >= 15 is 0 Å². The number of ether oxygens (including phenoxy) is 1. The molecule has 3 atom stereocenters. The van der Waals surface area contributed by atoms with Crippen LogP contribution in [0.5, 0.6) is 0 Å². The smallest absolute Gasteiger partial charge is 0.249 e. The standard InChI is InChI=1S/C17H33N3O2/c1-3-16(22-15-6-4-5-14(2)13-15)17(21)19-9-12-20-10-7-18-8-11-20/h14-16,18H,3-13H2,1-2H3,(H,19,21). The molecule has 5 nitrogen and oxygen atoms in total. The second kappa shape index (κ2) is 9.48. The van der Waals surface area contributed by atoms with Crippen LogP contribution < -0.4 is 10.6 Å². The van der Waals surface area contributed by atoms with Gasteiger partial charge in [0.1, 0.15) is 6.10 Å². The average molecular weight is 311 g/mol. The molecule has 0 radical (unpaired) electrons. The number of nitrogens with zero attached hydrogens (tertiary/aromatic N) is 1. The SMILES string of the molecule is CCC(OC1CCCC(C)C1)C(=O)NCCN1CCNCC1. The number of rotatable bonds is 7. The highest BCUT2D eigenvalue weighted by Gasteiger charge is 2.25. The van der Waals surface area contributed by atoms with E-state index in [1.165, 1.54) is 12.8 Å². The van der Waals surface area contributed by atoms with E-state index in [1.54, 1.807) is 0 Å². The molecule has 1 heterocycles. The molecule has 1 saturated heterocycles. The van der Waals surface area contributed by atoms with Gasteiger partial charge in [0, 0.05) is 39.3 Å². The summed E-state index contributed by atoms with van der Waals surface area (Å²) >= 11 is 0. The van der Waals surface area contributed by atoms with Crippen LogP contribution in [-0.4, -0.2) is 62.3 Å². The van der Waals surface area contributed by atoms with Gasteiger partial charge in [0.05, 0.1) is 6.10 Å². The summed E-state index contributed by atoms with van der Waals surface area (Å²) in [5, 5.41) is 6.40. The zero-order valence-corrected chi connectivity index (χ0v) is 14.3. The lowest BCUT2D eigenvalue weighted by Crippen LogP contribution is -2.47. The number of hydrogen-bond acceptors (Lipinski definition) is 4. The molecule has 22 heavy (non-hydrogen) atoms. The van der Waals surface area contributed by atoms with Crippen molar-refractivity contribution >= 4 is 5.91 Å². The summed E-state index contributed by atoms with van der Waals surface area (Å²) < 4.78 is 6.08. The Kier molecular flexibility index (Phi) is 7.63. The number of carbonyl (C=O) groups excluding carboxylic acids is 1. The first-order chi connectivity index (χ1) is 10.7. The highest BCUT2D eigenvalue weighted by atomic mass is 16.5. The molecule has 0 aromatic rings. The second-order valence-electron chi connectivity index (χ2n) is 6.81. The molecule has 2 N–H and O–H groups in total. The minimum atomic E-state index is -0.279. The minimum absolute atomic E-state index is 0.0656. The topological polar surface area (TPSA) is 53.6 Å². The number of carbonyl (C=O) groups is 1. The van der Waals surface area contributed by atoms with Gasteiger partial charge in [-0.05, 0) is 25.2 Å². The monoisotopic (exact) mass is 311 g/mol. The van der Waals surface area contributed by atoms with Gasteiger partial charge in [-0.25, -0.2) is 0 Å². The summed E-state index contributed by atoms with van der Waals surface area (Å²) in [7, 11) is 0. The summed E-state index contributed by atoms with van der Waals surface area (Å²) in [5.74, 6) is 0.794. The summed E-state index contributed by atoms with van der Waals surface area (Å²) in [6.45, 7) is 10.2. The zero-order valence-electron chi connectivity index (χ0n) is 14.3. The van der Waals surface area contributed by atoms with Crippen LogP contribution in [0.3, 0.4) is 0 Å². The first-order valence-electron chi connectivity index (χ1n) is 9.05. The zero-order chi connectivity index (χ0) is 15.8. The Labute approximate surface area is 135 Å². The molecular formula is C17H33N3O2. The summed E-state index contributed by atoms with van der Waals surface area (Å²) in [6, 6.07) is 0. The molecule has 5 heteroatoms. The summed E-state index contributed by atoms with van der Waals surface area (Å²) in [4.78, 5) is 14.7. The Hall–Kier alpha value is -0.650. The van der Waals surface area contributed by atoms with Gasteiger partial charge in [-0.15, -0.1) is 0 Å². The normalized spacial score (nSPS) is 28.3. The molecule has 2 aliphatic rings. The quantitative estimate of drug-likeness (QED) is 0.746. The predicted octanol–water partition coefficient (Wildman–Crippen LogP) is 1.38. The molecule has 1 aliphatic heterocycles. The molecule has 3 unspecified atom stereocenters. The van der Waals surface area contributed by atoms with E-state index < -0.39 is 0 Å². The average Bonchev–Trinajstić information content (AvgIpc) is 2.53. The fraction of sp³-hybridized carbons (Fsp3) is 0.941. The maximum Gasteiger partial charge on any atom is 0.249 e. The van der Waals surface area contributed by atoms with E-state index in [2.05, 4.69) is 22.5 Å². The van der Waals surface area contributed by atoms with E-state index in [0.29, 0.717) is 0 Å². The molecular weight excluding hydrogens is 278 g/mol. The third-order valence-electron chi connectivity index (χ3n) is 4.85. The molecule has 0 aromatic heterocycles. The van der Waals surface area contributed by atoms with Crippen LogP contribution in [0.15, 0.2) is 0 Å². The Bertz CT molecular complexity index is 332. The van der Waals surface area contributed by atoms with Crippen LogP contribution in [-0.2, 0) is 9.53 Å². The van der Waals surface area contributed by atoms with E-state index in [9.17, 15) is 4.79 Å². The van der Waals surface area contributed by atoms with Crippen LogP contribution in [0.1, 0.15) is 46.0 Å². The van der Waals surface area contributed by atoms with Gasteiger partial charge in [0.15, 0.2) is 0 Å². The second-order valence-corrected chi connectivity index (χ2v) is 6.81. The maximum atomic E-state index is 12.3. The van der Waals surface area contributed by atoms with E-state index in [0.717, 1.165) is 64.4 Å². The molecule has 0 bridgehead atoms. The predicted molar refractivity (Wildman–Crippen MR) is 88.9 cm³/mol. The van der Waals surface area contributed by atoms with Crippen molar-refractivity contribution in [3.8, 4) is 0 Å². The first kappa shape index (κ1) is 17.7. The van der Waals surface area contributed by atoms with Gasteiger partial charge in [0.2, 0.25) is 5.91 Å². The molecule has 128 valence electrons. The van der Waals surface area contributed by atoms with Gasteiger partial charge in [-0.3, -0.25) is 9.69 Å². The summed E-state index contributed by atoms with van der Waals surface area (Å²) in [5.41, 5.74) is 0. The minimum Gasteiger partial charge on any atom is -0.365 e.